The lowest BCUT2D eigenvalue weighted by molar-refractivity contribution is -0.131. The summed E-state index contributed by atoms with van der Waals surface area (Å²) < 4.78 is 1.69. The Balaban J connectivity index is 1.46. The lowest BCUT2D eigenvalue weighted by atomic mass is 10.1. The lowest BCUT2D eigenvalue weighted by Crippen LogP contribution is -2.31. The molecule has 28 heavy (non-hydrogen) atoms. The van der Waals surface area contributed by atoms with Crippen LogP contribution in [0.4, 0.5) is 0 Å². The highest BCUT2D eigenvalue weighted by molar-refractivity contribution is 7.12. The molecule has 3 rings (SSSR count). The maximum Gasteiger partial charge on any atom is 0.261 e. The molecule has 2 aromatic heterocycles. The van der Waals surface area contributed by atoms with Gasteiger partial charge >= 0.3 is 0 Å². The molecule has 2 amide bonds. The molecule has 0 saturated heterocycles. The molecule has 0 spiro atoms. The van der Waals surface area contributed by atoms with Crippen molar-refractivity contribution in [1.82, 2.24) is 25.0 Å². The Bertz CT molecular complexity index is 891. The smallest absolute Gasteiger partial charge is 0.261 e. The van der Waals surface area contributed by atoms with E-state index in [2.05, 4.69) is 15.4 Å². The van der Waals surface area contributed by atoms with Gasteiger partial charge in [-0.15, -0.1) is 11.3 Å². The van der Waals surface area contributed by atoms with Gasteiger partial charge in [0.1, 0.15) is 12.7 Å². The van der Waals surface area contributed by atoms with Crippen LogP contribution in [0.5, 0.6) is 0 Å². The van der Waals surface area contributed by atoms with Crippen LogP contribution < -0.4 is 5.32 Å². The molecule has 2 heterocycles. The molecule has 0 aliphatic heterocycles. The number of rotatable bonds is 8. The predicted octanol–water partition coefficient (Wildman–Crippen LogP) is 3.06. The number of nitrogens with zero attached hydrogens (tertiary/aromatic N) is 4. The molecule has 8 heteroatoms. The molecule has 0 radical (unpaired) electrons. The molecule has 3 aromatic rings. The zero-order chi connectivity index (χ0) is 19.9. The standard InChI is InChI=1S/C20H23N5O2S/c1-15(16-7-9-17(10-8-16)25-14-21-13-23-25)24(2)19(26)6-3-11-22-20(27)18-5-4-12-28-18/h4-5,7-10,12-15H,3,6,11H2,1-2H3,(H,22,27). The third-order valence-electron chi connectivity index (χ3n) is 4.63. The van der Waals surface area contributed by atoms with Crippen LogP contribution >= 0.6 is 11.3 Å². The molecule has 1 atom stereocenters. The van der Waals surface area contributed by atoms with Gasteiger partial charge in [-0.1, -0.05) is 18.2 Å². The van der Waals surface area contributed by atoms with E-state index in [1.807, 2.05) is 49.7 Å². The number of carbonyl (C=O) groups excluding carboxylic acids is 2. The van der Waals surface area contributed by atoms with Gasteiger partial charge in [0.15, 0.2) is 0 Å². The monoisotopic (exact) mass is 397 g/mol. The highest BCUT2D eigenvalue weighted by Gasteiger charge is 2.17. The van der Waals surface area contributed by atoms with Crippen molar-refractivity contribution in [2.24, 2.45) is 0 Å². The topological polar surface area (TPSA) is 80.1 Å². The van der Waals surface area contributed by atoms with Gasteiger partial charge in [0.2, 0.25) is 5.91 Å². The number of hydrogen-bond donors (Lipinski definition) is 1. The molecular formula is C20H23N5O2S. The van der Waals surface area contributed by atoms with Crippen molar-refractivity contribution in [3.8, 4) is 5.69 Å². The van der Waals surface area contributed by atoms with Gasteiger partial charge in [0.05, 0.1) is 16.6 Å². The number of carbonyl (C=O) groups is 2. The van der Waals surface area contributed by atoms with E-state index < -0.39 is 0 Å². The van der Waals surface area contributed by atoms with Gasteiger partial charge in [-0.05, 0) is 42.5 Å². The molecule has 0 saturated carbocycles. The highest BCUT2D eigenvalue weighted by Crippen LogP contribution is 2.21. The van der Waals surface area contributed by atoms with Gasteiger partial charge in [0, 0.05) is 20.0 Å². The second kappa shape index (κ2) is 9.27. The van der Waals surface area contributed by atoms with E-state index in [1.165, 1.54) is 17.7 Å². The number of nitrogens with one attached hydrogen (secondary N) is 1. The van der Waals surface area contributed by atoms with Gasteiger partial charge < -0.3 is 10.2 Å². The van der Waals surface area contributed by atoms with E-state index in [9.17, 15) is 9.59 Å². The van der Waals surface area contributed by atoms with Crippen molar-refractivity contribution >= 4 is 23.2 Å². The molecular weight excluding hydrogens is 374 g/mol. The summed E-state index contributed by atoms with van der Waals surface area (Å²) in [4.78, 5) is 30.7. The SMILES string of the molecule is CC(c1ccc(-n2cncn2)cc1)N(C)C(=O)CCCNC(=O)c1cccs1. The van der Waals surface area contributed by atoms with Crippen LogP contribution in [0.25, 0.3) is 5.69 Å². The first-order valence-corrected chi connectivity index (χ1v) is 9.96. The zero-order valence-corrected chi connectivity index (χ0v) is 16.7. The fourth-order valence-electron chi connectivity index (χ4n) is 2.80. The van der Waals surface area contributed by atoms with E-state index in [1.54, 1.807) is 22.0 Å². The summed E-state index contributed by atoms with van der Waals surface area (Å²) in [6.45, 7) is 2.48. The summed E-state index contributed by atoms with van der Waals surface area (Å²) in [5.74, 6) is -0.0325. The fourth-order valence-corrected chi connectivity index (χ4v) is 3.44. The average Bonchev–Trinajstić information content (AvgIpc) is 3.44. The van der Waals surface area contributed by atoms with E-state index in [0.717, 1.165) is 11.3 Å². The molecule has 1 unspecified atom stereocenters. The zero-order valence-electron chi connectivity index (χ0n) is 15.9. The minimum atomic E-state index is -0.0864. The summed E-state index contributed by atoms with van der Waals surface area (Å²) in [6, 6.07) is 11.5. The number of amides is 2. The second-order valence-corrected chi connectivity index (χ2v) is 7.40. The predicted molar refractivity (Wildman–Crippen MR) is 108 cm³/mol. The molecule has 1 aromatic carbocycles. The first-order valence-electron chi connectivity index (χ1n) is 9.08. The molecule has 0 aliphatic rings. The number of aromatic nitrogens is 3. The summed E-state index contributed by atoms with van der Waals surface area (Å²) in [5, 5.41) is 8.82. The van der Waals surface area contributed by atoms with Crippen LogP contribution in [-0.2, 0) is 4.79 Å². The molecule has 0 bridgehead atoms. The van der Waals surface area contributed by atoms with E-state index in [4.69, 9.17) is 0 Å². The normalized spacial score (nSPS) is 11.8. The van der Waals surface area contributed by atoms with Gasteiger partial charge in [0.25, 0.3) is 5.91 Å². The van der Waals surface area contributed by atoms with E-state index in [-0.39, 0.29) is 17.9 Å². The summed E-state index contributed by atoms with van der Waals surface area (Å²) in [5.41, 5.74) is 1.97. The Morgan fingerprint density at radius 2 is 2.04 bits per heavy atom. The van der Waals surface area contributed by atoms with Crippen molar-refractivity contribution < 1.29 is 9.59 Å². The van der Waals surface area contributed by atoms with Gasteiger partial charge in [-0.2, -0.15) is 5.10 Å². The largest absolute Gasteiger partial charge is 0.351 e. The number of thiophene rings is 1. The molecule has 0 fully saturated rings. The van der Waals surface area contributed by atoms with Crippen LogP contribution in [0, 0.1) is 0 Å². The lowest BCUT2D eigenvalue weighted by Gasteiger charge is -2.25. The van der Waals surface area contributed by atoms with Crippen molar-refractivity contribution in [2.75, 3.05) is 13.6 Å². The Hall–Kier alpha value is -3.00. The minimum absolute atomic E-state index is 0.0435. The fraction of sp³-hybridized carbons (Fsp3) is 0.300. The Morgan fingerprint density at radius 3 is 2.68 bits per heavy atom. The maximum atomic E-state index is 12.5. The first-order chi connectivity index (χ1) is 13.6. The molecule has 1 N–H and O–H groups in total. The van der Waals surface area contributed by atoms with Crippen LogP contribution in [0.1, 0.15) is 41.0 Å². The molecule has 7 nitrogen and oxygen atoms in total. The van der Waals surface area contributed by atoms with Crippen molar-refractivity contribution in [3.05, 3.63) is 64.9 Å². The molecule has 146 valence electrons. The van der Waals surface area contributed by atoms with E-state index >= 15 is 0 Å². The Labute approximate surface area is 168 Å². The summed E-state index contributed by atoms with van der Waals surface area (Å²) in [7, 11) is 1.81. The third kappa shape index (κ3) is 4.83. The van der Waals surface area contributed by atoms with Crippen molar-refractivity contribution in [3.63, 3.8) is 0 Å². The number of hydrogen-bond acceptors (Lipinski definition) is 5. The Kier molecular flexibility index (Phi) is 6.54. The summed E-state index contributed by atoms with van der Waals surface area (Å²) in [6.07, 6.45) is 4.14. The van der Waals surface area contributed by atoms with Crippen molar-refractivity contribution in [2.45, 2.75) is 25.8 Å². The highest BCUT2D eigenvalue weighted by atomic mass is 32.1. The average molecular weight is 398 g/mol. The van der Waals surface area contributed by atoms with Gasteiger partial charge in [-0.25, -0.2) is 9.67 Å². The summed E-state index contributed by atoms with van der Waals surface area (Å²) >= 11 is 1.41. The maximum absolute atomic E-state index is 12.5. The van der Waals surface area contributed by atoms with Crippen molar-refractivity contribution in [1.29, 1.82) is 0 Å². The second-order valence-electron chi connectivity index (χ2n) is 6.45. The van der Waals surface area contributed by atoms with Crippen LogP contribution in [0.2, 0.25) is 0 Å². The van der Waals surface area contributed by atoms with Crippen LogP contribution in [0.15, 0.2) is 54.4 Å². The Morgan fingerprint density at radius 1 is 1.25 bits per heavy atom. The third-order valence-corrected chi connectivity index (χ3v) is 5.50. The molecule has 0 aliphatic carbocycles. The van der Waals surface area contributed by atoms with Gasteiger partial charge in [-0.3, -0.25) is 9.59 Å². The quantitative estimate of drug-likeness (QED) is 0.593. The van der Waals surface area contributed by atoms with Crippen LogP contribution in [-0.4, -0.2) is 45.1 Å². The van der Waals surface area contributed by atoms with E-state index in [0.29, 0.717) is 24.3 Å². The first kappa shape index (κ1) is 19.8. The van der Waals surface area contributed by atoms with Crippen LogP contribution in [0.3, 0.4) is 0 Å². The minimum Gasteiger partial charge on any atom is -0.351 e. The number of benzene rings is 1.